The normalized spacial score (nSPS) is 10.6. The predicted octanol–water partition coefficient (Wildman–Crippen LogP) is 2.07. The molecule has 3 aromatic rings. The molecule has 0 atom stereocenters. The van der Waals surface area contributed by atoms with Crippen LogP contribution in [0.4, 0.5) is 5.69 Å². The van der Waals surface area contributed by atoms with E-state index in [0.29, 0.717) is 17.5 Å². The fourth-order valence-corrected chi connectivity index (χ4v) is 1.75. The summed E-state index contributed by atoms with van der Waals surface area (Å²) in [6, 6.07) is 7.37. The Hall–Kier alpha value is -2.28. The smallest absolute Gasteiger partial charge is 0.252 e. The molecule has 0 fully saturated rings. The van der Waals surface area contributed by atoms with Crippen molar-refractivity contribution in [1.82, 2.24) is 24.7 Å². The summed E-state index contributed by atoms with van der Waals surface area (Å²) in [5.74, 6) is 1.07. The fraction of sp³-hybridized carbons (Fsp3) is 0. The molecule has 3 rings (SSSR count). The Bertz CT molecular complexity index is 629. The van der Waals surface area contributed by atoms with E-state index in [1.165, 1.54) is 4.68 Å². The van der Waals surface area contributed by atoms with Crippen LogP contribution in [0, 0.1) is 0 Å². The van der Waals surface area contributed by atoms with Gasteiger partial charge in [-0.3, -0.25) is 0 Å². The van der Waals surface area contributed by atoms with Crippen LogP contribution in [0.2, 0.25) is 0 Å². The number of benzene rings is 1. The Morgan fingerprint density at radius 2 is 1.68 bits per heavy atom. The molecule has 2 aromatic heterocycles. The van der Waals surface area contributed by atoms with Crippen LogP contribution in [0.15, 0.2) is 47.5 Å². The number of hydrogen-bond acceptors (Lipinski definition) is 5. The standard InChI is InChI=1S/C12H9BrN6/c13-9-5-15-12(16-6-9)19-7-17-11(18-19)8-1-3-10(14)4-2-8/h1-7H,14H2. The minimum Gasteiger partial charge on any atom is -0.399 e. The third-order valence-corrected chi connectivity index (χ3v) is 2.88. The van der Waals surface area contributed by atoms with Crippen molar-refractivity contribution in [2.24, 2.45) is 0 Å². The van der Waals surface area contributed by atoms with E-state index in [2.05, 4.69) is 36.0 Å². The summed E-state index contributed by atoms with van der Waals surface area (Å²) in [6.07, 6.45) is 4.90. The minimum absolute atomic E-state index is 0.470. The van der Waals surface area contributed by atoms with Crippen molar-refractivity contribution in [3.63, 3.8) is 0 Å². The van der Waals surface area contributed by atoms with Gasteiger partial charge in [-0.2, -0.15) is 4.68 Å². The van der Waals surface area contributed by atoms with Crippen molar-refractivity contribution in [2.45, 2.75) is 0 Å². The SMILES string of the molecule is Nc1ccc(-c2ncn(-c3ncc(Br)cn3)n2)cc1. The number of nitrogen functional groups attached to an aromatic ring is 1. The van der Waals surface area contributed by atoms with E-state index in [1.54, 1.807) is 18.7 Å². The number of rotatable bonds is 2. The largest absolute Gasteiger partial charge is 0.399 e. The van der Waals surface area contributed by atoms with Crippen LogP contribution in [0.1, 0.15) is 0 Å². The summed E-state index contributed by atoms with van der Waals surface area (Å²) >= 11 is 3.28. The first-order chi connectivity index (χ1) is 9.22. The van der Waals surface area contributed by atoms with Gasteiger partial charge in [-0.25, -0.2) is 15.0 Å². The van der Waals surface area contributed by atoms with Gasteiger partial charge < -0.3 is 5.73 Å². The number of nitrogens with zero attached hydrogens (tertiary/aromatic N) is 5. The number of aromatic nitrogens is 5. The molecule has 0 amide bonds. The number of nitrogens with two attached hydrogens (primary N) is 1. The highest BCUT2D eigenvalue weighted by Crippen LogP contribution is 2.16. The summed E-state index contributed by atoms with van der Waals surface area (Å²) in [7, 11) is 0. The molecule has 19 heavy (non-hydrogen) atoms. The first kappa shape index (κ1) is 11.8. The second-order valence-corrected chi connectivity index (χ2v) is 4.75. The molecule has 94 valence electrons. The van der Waals surface area contributed by atoms with Crippen molar-refractivity contribution >= 4 is 21.6 Å². The molecule has 0 aliphatic carbocycles. The number of anilines is 1. The molecule has 1 aromatic carbocycles. The quantitative estimate of drug-likeness (QED) is 0.732. The highest BCUT2D eigenvalue weighted by molar-refractivity contribution is 9.10. The highest BCUT2D eigenvalue weighted by atomic mass is 79.9. The van der Waals surface area contributed by atoms with E-state index in [9.17, 15) is 0 Å². The summed E-state index contributed by atoms with van der Waals surface area (Å²) in [4.78, 5) is 12.5. The van der Waals surface area contributed by atoms with Gasteiger partial charge in [-0.1, -0.05) is 0 Å². The van der Waals surface area contributed by atoms with Gasteiger partial charge in [-0.15, -0.1) is 5.10 Å². The van der Waals surface area contributed by atoms with E-state index in [4.69, 9.17) is 5.73 Å². The van der Waals surface area contributed by atoms with Gasteiger partial charge in [0.1, 0.15) is 6.33 Å². The highest BCUT2D eigenvalue weighted by Gasteiger charge is 2.06. The lowest BCUT2D eigenvalue weighted by Crippen LogP contribution is -2.00. The van der Waals surface area contributed by atoms with Crippen LogP contribution in [-0.2, 0) is 0 Å². The van der Waals surface area contributed by atoms with Gasteiger partial charge in [0.05, 0.1) is 4.47 Å². The fourth-order valence-electron chi connectivity index (χ4n) is 1.55. The molecular weight excluding hydrogens is 308 g/mol. The predicted molar refractivity (Wildman–Crippen MR) is 74.5 cm³/mol. The Morgan fingerprint density at radius 1 is 1.00 bits per heavy atom. The molecule has 2 N–H and O–H groups in total. The molecule has 0 radical (unpaired) electrons. The Labute approximate surface area is 117 Å². The third-order valence-electron chi connectivity index (χ3n) is 2.47. The van der Waals surface area contributed by atoms with Crippen LogP contribution >= 0.6 is 15.9 Å². The lowest BCUT2D eigenvalue weighted by atomic mass is 10.2. The molecule has 2 heterocycles. The molecule has 0 bridgehead atoms. The molecule has 0 saturated carbocycles. The molecule has 0 spiro atoms. The van der Waals surface area contributed by atoms with Crippen molar-refractivity contribution in [3.05, 3.63) is 47.5 Å². The van der Waals surface area contributed by atoms with E-state index >= 15 is 0 Å². The average Bonchev–Trinajstić information content (AvgIpc) is 2.90. The van der Waals surface area contributed by atoms with Gasteiger partial charge in [0, 0.05) is 23.6 Å². The van der Waals surface area contributed by atoms with Gasteiger partial charge in [-0.05, 0) is 40.2 Å². The van der Waals surface area contributed by atoms with E-state index in [0.717, 1.165) is 10.0 Å². The molecule has 7 heteroatoms. The zero-order valence-electron chi connectivity index (χ0n) is 9.73. The maximum absolute atomic E-state index is 5.64. The average molecular weight is 317 g/mol. The van der Waals surface area contributed by atoms with Crippen molar-refractivity contribution in [2.75, 3.05) is 5.73 Å². The zero-order valence-corrected chi connectivity index (χ0v) is 11.3. The zero-order chi connectivity index (χ0) is 13.2. The lowest BCUT2D eigenvalue weighted by molar-refractivity contribution is 0.807. The number of hydrogen-bond donors (Lipinski definition) is 1. The summed E-state index contributed by atoms with van der Waals surface area (Å²) in [6.45, 7) is 0. The Kier molecular flexibility index (Phi) is 2.96. The van der Waals surface area contributed by atoms with Gasteiger partial charge >= 0.3 is 0 Å². The van der Waals surface area contributed by atoms with Crippen LogP contribution < -0.4 is 5.73 Å². The van der Waals surface area contributed by atoms with E-state index in [1.807, 2.05) is 24.3 Å². The molecule has 0 aliphatic rings. The number of halogens is 1. The van der Waals surface area contributed by atoms with Gasteiger partial charge in [0.2, 0.25) is 0 Å². The first-order valence-corrected chi connectivity index (χ1v) is 6.27. The maximum Gasteiger partial charge on any atom is 0.252 e. The molecule has 0 unspecified atom stereocenters. The molecule has 0 aliphatic heterocycles. The Balaban J connectivity index is 1.95. The van der Waals surface area contributed by atoms with Gasteiger partial charge in [0.25, 0.3) is 5.95 Å². The van der Waals surface area contributed by atoms with Crippen LogP contribution in [0.25, 0.3) is 17.3 Å². The van der Waals surface area contributed by atoms with Crippen LogP contribution in [0.3, 0.4) is 0 Å². The second-order valence-electron chi connectivity index (χ2n) is 3.84. The van der Waals surface area contributed by atoms with Gasteiger partial charge in [0.15, 0.2) is 5.82 Å². The summed E-state index contributed by atoms with van der Waals surface area (Å²) in [5.41, 5.74) is 7.25. The lowest BCUT2D eigenvalue weighted by Gasteiger charge is -1.98. The van der Waals surface area contributed by atoms with E-state index < -0.39 is 0 Å². The topological polar surface area (TPSA) is 82.5 Å². The Morgan fingerprint density at radius 3 is 2.37 bits per heavy atom. The minimum atomic E-state index is 0.470. The third kappa shape index (κ3) is 2.45. The molecule has 0 saturated heterocycles. The summed E-state index contributed by atoms with van der Waals surface area (Å²) < 4.78 is 2.34. The summed E-state index contributed by atoms with van der Waals surface area (Å²) in [5, 5.41) is 4.33. The molecule has 6 nitrogen and oxygen atoms in total. The van der Waals surface area contributed by atoms with Crippen molar-refractivity contribution < 1.29 is 0 Å². The maximum atomic E-state index is 5.64. The van der Waals surface area contributed by atoms with Crippen LogP contribution in [0.5, 0.6) is 0 Å². The first-order valence-electron chi connectivity index (χ1n) is 5.48. The van der Waals surface area contributed by atoms with Crippen molar-refractivity contribution in [1.29, 1.82) is 0 Å². The van der Waals surface area contributed by atoms with Crippen molar-refractivity contribution in [3.8, 4) is 17.3 Å². The molecular formula is C12H9BrN6. The monoisotopic (exact) mass is 316 g/mol. The second kappa shape index (κ2) is 4.77. The van der Waals surface area contributed by atoms with E-state index in [-0.39, 0.29) is 0 Å². The van der Waals surface area contributed by atoms with Crippen LogP contribution in [-0.4, -0.2) is 24.7 Å².